The molecule has 0 aliphatic carbocycles. The van der Waals surface area contributed by atoms with E-state index in [-0.39, 0.29) is 5.41 Å². The van der Waals surface area contributed by atoms with Gasteiger partial charge in [0, 0.05) is 16.3 Å². The zero-order valence-corrected chi connectivity index (χ0v) is 15.1. The monoisotopic (exact) mass is 308 g/mol. The van der Waals surface area contributed by atoms with E-state index in [0.29, 0.717) is 0 Å². The van der Waals surface area contributed by atoms with Crippen LogP contribution in [0.25, 0.3) is 0 Å². The maximum atomic E-state index is 3.60. The number of thiophene rings is 1. The summed E-state index contributed by atoms with van der Waals surface area (Å²) < 4.78 is 0. The number of piperidine rings is 1. The molecule has 0 spiro atoms. The van der Waals surface area contributed by atoms with Crippen LogP contribution in [0.1, 0.15) is 56.7 Å². The second-order valence-corrected chi connectivity index (χ2v) is 8.74. The maximum Gasteiger partial charge on any atom is 0.0299 e. The topological polar surface area (TPSA) is 15.3 Å². The van der Waals surface area contributed by atoms with Gasteiger partial charge in [-0.15, -0.1) is 11.3 Å². The molecule has 0 bridgehead atoms. The summed E-state index contributed by atoms with van der Waals surface area (Å²) in [6, 6.07) is 4.57. The molecule has 0 saturated carbocycles. The Kier molecular flexibility index (Phi) is 6.27. The Morgan fingerprint density at radius 1 is 1.24 bits per heavy atom. The highest BCUT2D eigenvalue weighted by atomic mass is 32.1. The fourth-order valence-electron chi connectivity index (χ4n) is 2.80. The van der Waals surface area contributed by atoms with Gasteiger partial charge in [0.2, 0.25) is 0 Å². The molecule has 2 heterocycles. The highest BCUT2D eigenvalue weighted by molar-refractivity contribution is 7.12. The minimum Gasteiger partial charge on any atom is -0.312 e. The van der Waals surface area contributed by atoms with Gasteiger partial charge in [-0.2, -0.15) is 0 Å². The molecule has 1 aromatic rings. The lowest BCUT2D eigenvalue weighted by atomic mass is 9.95. The van der Waals surface area contributed by atoms with E-state index in [4.69, 9.17) is 0 Å². The van der Waals surface area contributed by atoms with Crippen molar-refractivity contribution in [2.24, 2.45) is 5.92 Å². The van der Waals surface area contributed by atoms with E-state index in [1.807, 2.05) is 11.3 Å². The second-order valence-electron chi connectivity index (χ2n) is 7.57. The highest BCUT2D eigenvalue weighted by Crippen LogP contribution is 2.29. The van der Waals surface area contributed by atoms with Gasteiger partial charge >= 0.3 is 0 Å². The Morgan fingerprint density at radius 3 is 2.57 bits per heavy atom. The van der Waals surface area contributed by atoms with Crippen LogP contribution in [-0.2, 0) is 12.0 Å². The van der Waals surface area contributed by atoms with Gasteiger partial charge in [0.15, 0.2) is 0 Å². The van der Waals surface area contributed by atoms with Crippen LogP contribution in [0.4, 0.5) is 0 Å². The zero-order chi connectivity index (χ0) is 15.3. The van der Waals surface area contributed by atoms with E-state index >= 15 is 0 Å². The summed E-state index contributed by atoms with van der Waals surface area (Å²) in [4.78, 5) is 5.58. The van der Waals surface area contributed by atoms with Gasteiger partial charge in [0.1, 0.15) is 0 Å². The van der Waals surface area contributed by atoms with Crippen molar-refractivity contribution in [2.45, 2.75) is 58.9 Å². The van der Waals surface area contributed by atoms with Crippen LogP contribution < -0.4 is 5.32 Å². The third kappa shape index (κ3) is 5.72. The number of hydrogen-bond donors (Lipinski definition) is 1. The standard InChI is InChI=1S/C18H32N2S/c1-15-8-12-20(13-9-15)11-5-10-19-14-16-6-7-17(21-16)18(2,3)4/h6-7,15,19H,5,8-14H2,1-4H3. The fourth-order valence-corrected chi connectivity index (χ4v) is 3.84. The number of nitrogens with one attached hydrogen (secondary N) is 1. The van der Waals surface area contributed by atoms with Crippen molar-refractivity contribution in [2.75, 3.05) is 26.2 Å². The van der Waals surface area contributed by atoms with E-state index in [0.717, 1.165) is 19.0 Å². The summed E-state index contributed by atoms with van der Waals surface area (Å²) in [5, 5.41) is 3.60. The Labute approximate surface area is 134 Å². The lowest BCUT2D eigenvalue weighted by Crippen LogP contribution is -2.34. The van der Waals surface area contributed by atoms with E-state index in [9.17, 15) is 0 Å². The van der Waals surface area contributed by atoms with Gasteiger partial charge in [-0.05, 0) is 68.9 Å². The highest BCUT2D eigenvalue weighted by Gasteiger charge is 2.16. The molecule has 120 valence electrons. The summed E-state index contributed by atoms with van der Waals surface area (Å²) in [7, 11) is 0. The molecule has 1 saturated heterocycles. The van der Waals surface area contributed by atoms with Crippen LogP contribution in [0.15, 0.2) is 12.1 Å². The first kappa shape index (κ1) is 17.0. The van der Waals surface area contributed by atoms with Crippen LogP contribution in [0, 0.1) is 5.92 Å². The Bertz CT molecular complexity index is 411. The molecule has 1 fully saturated rings. The van der Waals surface area contributed by atoms with Crippen LogP contribution in [0.2, 0.25) is 0 Å². The Morgan fingerprint density at radius 2 is 1.95 bits per heavy atom. The molecule has 0 radical (unpaired) electrons. The first-order valence-corrected chi connectivity index (χ1v) is 9.29. The van der Waals surface area contributed by atoms with Crippen LogP contribution in [-0.4, -0.2) is 31.1 Å². The van der Waals surface area contributed by atoms with Crippen molar-refractivity contribution >= 4 is 11.3 Å². The summed E-state index contributed by atoms with van der Waals surface area (Å²) in [6.45, 7) is 15.3. The molecule has 0 atom stereocenters. The van der Waals surface area contributed by atoms with Gasteiger partial charge in [0.05, 0.1) is 0 Å². The molecule has 21 heavy (non-hydrogen) atoms. The molecule has 1 N–H and O–H groups in total. The predicted molar refractivity (Wildman–Crippen MR) is 94.2 cm³/mol. The number of rotatable bonds is 6. The summed E-state index contributed by atoms with van der Waals surface area (Å²) in [5.74, 6) is 0.940. The molecule has 0 amide bonds. The van der Waals surface area contributed by atoms with Crippen molar-refractivity contribution in [3.05, 3.63) is 21.9 Å². The van der Waals surface area contributed by atoms with Crippen molar-refractivity contribution < 1.29 is 0 Å². The maximum absolute atomic E-state index is 3.60. The molecule has 0 unspecified atom stereocenters. The lowest BCUT2D eigenvalue weighted by Gasteiger charge is -2.30. The molecular weight excluding hydrogens is 276 g/mol. The minimum absolute atomic E-state index is 0.286. The van der Waals surface area contributed by atoms with E-state index < -0.39 is 0 Å². The Balaban J connectivity index is 1.58. The largest absolute Gasteiger partial charge is 0.312 e. The van der Waals surface area contributed by atoms with Gasteiger partial charge in [0.25, 0.3) is 0 Å². The average Bonchev–Trinajstić information content (AvgIpc) is 2.89. The molecular formula is C18H32N2S. The molecule has 1 aliphatic rings. The van der Waals surface area contributed by atoms with Gasteiger partial charge in [-0.3, -0.25) is 0 Å². The van der Waals surface area contributed by atoms with Gasteiger partial charge in [-0.25, -0.2) is 0 Å². The molecule has 3 heteroatoms. The SMILES string of the molecule is CC1CCN(CCCNCc2ccc(C(C)(C)C)s2)CC1. The number of likely N-dealkylation sites (tertiary alicyclic amines) is 1. The van der Waals surface area contributed by atoms with Crippen molar-refractivity contribution in [3.8, 4) is 0 Å². The summed E-state index contributed by atoms with van der Waals surface area (Å²) >= 11 is 1.95. The first-order valence-electron chi connectivity index (χ1n) is 8.47. The Hall–Kier alpha value is -0.380. The smallest absolute Gasteiger partial charge is 0.0299 e. The molecule has 1 aliphatic heterocycles. The summed E-state index contributed by atoms with van der Waals surface area (Å²) in [6.07, 6.45) is 4.04. The lowest BCUT2D eigenvalue weighted by molar-refractivity contribution is 0.190. The fraction of sp³-hybridized carbons (Fsp3) is 0.778. The van der Waals surface area contributed by atoms with Crippen LogP contribution in [0.5, 0.6) is 0 Å². The van der Waals surface area contributed by atoms with Gasteiger partial charge < -0.3 is 10.2 Å². The average molecular weight is 309 g/mol. The second kappa shape index (κ2) is 7.75. The first-order chi connectivity index (χ1) is 9.95. The van der Waals surface area contributed by atoms with Crippen molar-refractivity contribution in [3.63, 3.8) is 0 Å². The van der Waals surface area contributed by atoms with Crippen molar-refractivity contribution in [1.82, 2.24) is 10.2 Å². The third-order valence-corrected chi connectivity index (χ3v) is 5.92. The van der Waals surface area contributed by atoms with Crippen LogP contribution in [0.3, 0.4) is 0 Å². The zero-order valence-electron chi connectivity index (χ0n) is 14.2. The van der Waals surface area contributed by atoms with Gasteiger partial charge in [-0.1, -0.05) is 27.7 Å². The third-order valence-electron chi connectivity index (χ3n) is 4.40. The molecule has 2 rings (SSSR count). The number of nitrogens with zero attached hydrogens (tertiary/aromatic N) is 1. The summed E-state index contributed by atoms with van der Waals surface area (Å²) in [5.41, 5.74) is 0.286. The molecule has 2 nitrogen and oxygen atoms in total. The van der Waals surface area contributed by atoms with E-state index in [1.165, 1.54) is 48.7 Å². The van der Waals surface area contributed by atoms with E-state index in [2.05, 4.69) is 50.0 Å². The van der Waals surface area contributed by atoms with Crippen molar-refractivity contribution in [1.29, 1.82) is 0 Å². The number of hydrogen-bond acceptors (Lipinski definition) is 3. The molecule has 1 aromatic heterocycles. The predicted octanol–water partition coefficient (Wildman–Crippen LogP) is 4.26. The normalized spacial score (nSPS) is 18.3. The minimum atomic E-state index is 0.286. The molecule has 0 aromatic carbocycles. The van der Waals surface area contributed by atoms with E-state index in [1.54, 1.807) is 0 Å². The van der Waals surface area contributed by atoms with Crippen LogP contribution >= 0.6 is 11.3 Å². The quantitative estimate of drug-likeness (QED) is 0.790.